The molecule has 0 bridgehead atoms. The Bertz CT molecular complexity index is 1210. The zero-order valence-electron chi connectivity index (χ0n) is 18.3. The fourth-order valence-corrected chi connectivity index (χ4v) is 5.43. The molecule has 0 aromatic heterocycles. The van der Waals surface area contributed by atoms with Crippen LogP contribution < -0.4 is 10.2 Å². The Morgan fingerprint density at radius 3 is 2.12 bits per heavy atom. The molecule has 1 heterocycles. The second-order valence-electron chi connectivity index (χ2n) is 7.94. The predicted octanol–water partition coefficient (Wildman–Crippen LogP) is 4.28. The van der Waals surface area contributed by atoms with Gasteiger partial charge in [-0.3, -0.25) is 10.1 Å². The third-order valence-corrected chi connectivity index (χ3v) is 7.75. The molecule has 172 valence electrons. The number of nitro groups is 1. The van der Waals surface area contributed by atoms with Crippen LogP contribution in [-0.4, -0.2) is 43.8 Å². The van der Waals surface area contributed by atoms with Crippen LogP contribution >= 0.6 is 0 Å². The summed E-state index contributed by atoms with van der Waals surface area (Å²) in [6, 6.07) is 23.0. The Morgan fingerprint density at radius 2 is 1.52 bits per heavy atom. The molecule has 8 nitrogen and oxygen atoms in total. The number of piperazine rings is 1. The van der Waals surface area contributed by atoms with Gasteiger partial charge >= 0.3 is 0 Å². The molecular weight excluding hydrogens is 440 g/mol. The van der Waals surface area contributed by atoms with Gasteiger partial charge in [-0.05, 0) is 36.8 Å². The molecule has 1 fully saturated rings. The van der Waals surface area contributed by atoms with Crippen molar-refractivity contribution in [2.24, 2.45) is 0 Å². The van der Waals surface area contributed by atoms with Crippen molar-refractivity contribution >= 4 is 27.1 Å². The fourth-order valence-electron chi connectivity index (χ4n) is 3.98. The van der Waals surface area contributed by atoms with E-state index in [0.29, 0.717) is 31.9 Å². The zero-order valence-corrected chi connectivity index (χ0v) is 19.1. The van der Waals surface area contributed by atoms with E-state index in [4.69, 9.17) is 0 Å². The summed E-state index contributed by atoms with van der Waals surface area (Å²) in [5.74, 6) is 0. The number of rotatable bonds is 7. The number of nitro benzene ring substituents is 1. The van der Waals surface area contributed by atoms with Crippen LogP contribution in [0.15, 0.2) is 83.8 Å². The molecule has 1 saturated heterocycles. The van der Waals surface area contributed by atoms with E-state index in [1.165, 1.54) is 10.4 Å². The average Bonchev–Trinajstić information content (AvgIpc) is 2.85. The van der Waals surface area contributed by atoms with Gasteiger partial charge < -0.3 is 10.2 Å². The summed E-state index contributed by atoms with van der Waals surface area (Å²) in [5.41, 5.74) is 2.29. The van der Waals surface area contributed by atoms with E-state index in [9.17, 15) is 18.5 Å². The summed E-state index contributed by atoms with van der Waals surface area (Å²) < 4.78 is 27.3. The fraction of sp³-hybridized carbons (Fsp3) is 0.250. The minimum atomic E-state index is -3.54. The number of benzene rings is 3. The molecule has 0 radical (unpaired) electrons. The summed E-state index contributed by atoms with van der Waals surface area (Å²) in [5, 5.41) is 14.9. The van der Waals surface area contributed by atoms with Gasteiger partial charge in [0.05, 0.1) is 9.82 Å². The predicted molar refractivity (Wildman–Crippen MR) is 129 cm³/mol. The van der Waals surface area contributed by atoms with Gasteiger partial charge in [0.2, 0.25) is 10.0 Å². The van der Waals surface area contributed by atoms with Crippen LogP contribution in [0.1, 0.15) is 18.5 Å². The molecule has 1 atom stereocenters. The van der Waals surface area contributed by atoms with Crippen LogP contribution in [0.25, 0.3) is 0 Å². The highest BCUT2D eigenvalue weighted by Crippen LogP contribution is 2.33. The largest absolute Gasteiger partial charge is 0.373 e. The number of sulfonamides is 1. The summed E-state index contributed by atoms with van der Waals surface area (Å²) in [4.78, 5) is 13.5. The summed E-state index contributed by atoms with van der Waals surface area (Å²) in [7, 11) is -3.54. The van der Waals surface area contributed by atoms with E-state index in [1.54, 1.807) is 42.5 Å². The van der Waals surface area contributed by atoms with Crippen molar-refractivity contribution in [2.75, 3.05) is 36.4 Å². The number of anilines is 2. The SMILES string of the molecule is C[C@@H](Nc1cc(N2CCN(S(=O)(=O)c3ccccc3)CC2)ccc1[N+](=O)[O-])c1ccccc1. The topological polar surface area (TPSA) is 95.8 Å². The summed E-state index contributed by atoms with van der Waals surface area (Å²) in [6.07, 6.45) is 0. The monoisotopic (exact) mass is 466 g/mol. The summed E-state index contributed by atoms with van der Waals surface area (Å²) in [6.45, 7) is 3.64. The van der Waals surface area contributed by atoms with Crippen molar-refractivity contribution < 1.29 is 13.3 Å². The molecule has 0 spiro atoms. The van der Waals surface area contributed by atoms with E-state index < -0.39 is 14.9 Å². The van der Waals surface area contributed by atoms with Gasteiger partial charge in [0, 0.05) is 44.0 Å². The lowest BCUT2D eigenvalue weighted by atomic mass is 10.1. The van der Waals surface area contributed by atoms with E-state index in [0.717, 1.165) is 11.3 Å². The lowest BCUT2D eigenvalue weighted by Crippen LogP contribution is -2.48. The highest BCUT2D eigenvalue weighted by Gasteiger charge is 2.29. The van der Waals surface area contributed by atoms with Gasteiger partial charge in [0.25, 0.3) is 5.69 Å². The van der Waals surface area contributed by atoms with Gasteiger partial charge in [0.15, 0.2) is 0 Å². The molecule has 1 aliphatic heterocycles. The molecule has 3 aromatic carbocycles. The molecule has 1 aliphatic rings. The van der Waals surface area contributed by atoms with Gasteiger partial charge in [-0.25, -0.2) is 8.42 Å². The van der Waals surface area contributed by atoms with Crippen LogP contribution in [0.4, 0.5) is 17.1 Å². The van der Waals surface area contributed by atoms with Crippen molar-refractivity contribution in [2.45, 2.75) is 17.9 Å². The first-order valence-corrected chi connectivity index (χ1v) is 12.2. The van der Waals surface area contributed by atoms with Gasteiger partial charge in [-0.15, -0.1) is 0 Å². The molecule has 0 aliphatic carbocycles. The average molecular weight is 467 g/mol. The van der Waals surface area contributed by atoms with E-state index in [-0.39, 0.29) is 16.6 Å². The number of hydrogen-bond acceptors (Lipinski definition) is 6. The lowest BCUT2D eigenvalue weighted by molar-refractivity contribution is -0.384. The molecule has 1 N–H and O–H groups in total. The van der Waals surface area contributed by atoms with Crippen LogP contribution in [-0.2, 0) is 10.0 Å². The van der Waals surface area contributed by atoms with Crippen LogP contribution in [0.5, 0.6) is 0 Å². The maximum atomic E-state index is 12.9. The van der Waals surface area contributed by atoms with Crippen molar-refractivity contribution in [3.8, 4) is 0 Å². The second-order valence-corrected chi connectivity index (χ2v) is 9.88. The van der Waals surface area contributed by atoms with Crippen LogP contribution in [0.3, 0.4) is 0 Å². The molecule has 0 saturated carbocycles. The quantitative estimate of drug-likeness (QED) is 0.412. The molecule has 33 heavy (non-hydrogen) atoms. The Labute approximate surface area is 193 Å². The van der Waals surface area contributed by atoms with Crippen molar-refractivity contribution in [3.63, 3.8) is 0 Å². The number of hydrogen-bond donors (Lipinski definition) is 1. The van der Waals surface area contributed by atoms with Crippen molar-refractivity contribution in [3.05, 3.63) is 94.5 Å². The third-order valence-electron chi connectivity index (χ3n) is 5.83. The second kappa shape index (κ2) is 9.60. The molecule has 9 heteroatoms. The highest BCUT2D eigenvalue weighted by molar-refractivity contribution is 7.89. The summed E-state index contributed by atoms with van der Waals surface area (Å²) >= 11 is 0. The smallest absolute Gasteiger partial charge is 0.292 e. The van der Waals surface area contributed by atoms with Gasteiger partial charge in [-0.1, -0.05) is 48.5 Å². The molecule has 0 unspecified atom stereocenters. The third kappa shape index (κ3) is 4.99. The maximum Gasteiger partial charge on any atom is 0.292 e. The Balaban J connectivity index is 1.51. The molecular formula is C24H26N4O4S. The van der Waals surface area contributed by atoms with E-state index in [2.05, 4.69) is 10.2 Å². The Morgan fingerprint density at radius 1 is 0.909 bits per heavy atom. The minimum absolute atomic E-state index is 0.00632. The first kappa shape index (κ1) is 22.8. The van der Waals surface area contributed by atoms with E-state index in [1.807, 2.05) is 37.3 Å². The minimum Gasteiger partial charge on any atom is -0.373 e. The van der Waals surface area contributed by atoms with Gasteiger partial charge in [-0.2, -0.15) is 4.31 Å². The normalized spacial score (nSPS) is 15.7. The molecule has 4 rings (SSSR count). The van der Waals surface area contributed by atoms with Crippen molar-refractivity contribution in [1.29, 1.82) is 0 Å². The zero-order chi connectivity index (χ0) is 23.4. The molecule has 0 amide bonds. The Hall–Kier alpha value is -3.43. The van der Waals surface area contributed by atoms with Crippen molar-refractivity contribution in [1.82, 2.24) is 4.31 Å². The lowest BCUT2D eigenvalue weighted by Gasteiger charge is -2.35. The Kier molecular flexibility index (Phi) is 6.62. The van der Waals surface area contributed by atoms with Crippen LogP contribution in [0, 0.1) is 10.1 Å². The maximum absolute atomic E-state index is 12.9. The first-order chi connectivity index (χ1) is 15.9. The van der Waals surface area contributed by atoms with E-state index >= 15 is 0 Å². The standard InChI is InChI=1S/C24H26N4O4S/c1-19(20-8-4-2-5-9-20)25-23-18-21(12-13-24(23)28(29)30)26-14-16-27(17-15-26)33(31,32)22-10-6-3-7-11-22/h2-13,18-19,25H,14-17H2,1H3/t19-/m1/s1. The molecule has 3 aromatic rings. The van der Waals surface area contributed by atoms with Crippen LogP contribution in [0.2, 0.25) is 0 Å². The van der Waals surface area contributed by atoms with Gasteiger partial charge in [0.1, 0.15) is 5.69 Å². The highest BCUT2D eigenvalue weighted by atomic mass is 32.2. The number of nitrogens with zero attached hydrogens (tertiary/aromatic N) is 3. The number of nitrogens with one attached hydrogen (secondary N) is 1. The first-order valence-electron chi connectivity index (χ1n) is 10.8.